The molecule has 1 fully saturated rings. The Bertz CT molecular complexity index is 672. The summed E-state index contributed by atoms with van der Waals surface area (Å²) in [6.45, 7) is 3.87. The van der Waals surface area contributed by atoms with Crippen LogP contribution in [-0.4, -0.2) is 49.0 Å². The minimum Gasteiger partial charge on any atom is -0.461 e. The van der Waals surface area contributed by atoms with Crippen molar-refractivity contribution in [2.75, 3.05) is 18.9 Å². The molecule has 2 heterocycles. The van der Waals surface area contributed by atoms with E-state index in [0.29, 0.717) is 11.2 Å². The van der Waals surface area contributed by atoms with E-state index in [0.717, 1.165) is 6.42 Å². The predicted molar refractivity (Wildman–Crippen MR) is 80.3 cm³/mol. The lowest BCUT2D eigenvalue weighted by molar-refractivity contribution is -0.00532. The lowest BCUT2D eigenvalue weighted by atomic mass is 9.70. The first-order chi connectivity index (χ1) is 10.5. The van der Waals surface area contributed by atoms with Crippen LogP contribution in [0, 0.1) is 11.8 Å². The van der Waals surface area contributed by atoms with Gasteiger partial charge in [-0.3, -0.25) is 0 Å². The molecule has 1 saturated carbocycles. The Hall–Kier alpha value is -1.93. The zero-order valence-electron chi connectivity index (χ0n) is 12.7. The molecule has 8 heteroatoms. The molecule has 0 aliphatic heterocycles. The Labute approximate surface area is 128 Å². The lowest BCUT2D eigenvalue weighted by Gasteiger charge is -2.43. The molecular formula is C14H21N5O3. The number of fused-ring (bicyclic) bond motifs is 1. The predicted octanol–water partition coefficient (Wildman–Crippen LogP) is 0.357. The molecule has 0 aromatic carbocycles. The highest BCUT2D eigenvalue weighted by Crippen LogP contribution is 2.44. The van der Waals surface area contributed by atoms with E-state index >= 15 is 0 Å². The Morgan fingerprint density at radius 1 is 1.36 bits per heavy atom. The maximum Gasteiger partial charge on any atom is 0.320 e. The quantitative estimate of drug-likeness (QED) is 0.729. The Morgan fingerprint density at radius 3 is 2.77 bits per heavy atom. The fourth-order valence-corrected chi connectivity index (χ4v) is 3.00. The Morgan fingerprint density at radius 2 is 2.14 bits per heavy atom. The standard InChI is InChI=1S/C14H21N5O3/c1-7(2)22-14-17-12(15)11-13(18-14)19(6-16-11)10-3-8(4-20)9(10)5-21/h6-10,20-21H,3-5H2,1-2H3,(H2,15,17,18)/t8-,9-,10-/m0/s1. The van der Waals surface area contributed by atoms with Crippen LogP contribution in [0.4, 0.5) is 5.82 Å². The number of imidazole rings is 1. The highest BCUT2D eigenvalue weighted by molar-refractivity contribution is 5.82. The van der Waals surface area contributed by atoms with Crippen molar-refractivity contribution in [1.29, 1.82) is 0 Å². The summed E-state index contributed by atoms with van der Waals surface area (Å²) < 4.78 is 7.42. The highest BCUT2D eigenvalue weighted by Gasteiger charge is 2.42. The molecule has 4 N–H and O–H groups in total. The molecular weight excluding hydrogens is 286 g/mol. The molecule has 0 amide bonds. The van der Waals surface area contributed by atoms with Crippen molar-refractivity contribution in [2.45, 2.75) is 32.4 Å². The molecule has 1 aliphatic rings. The molecule has 22 heavy (non-hydrogen) atoms. The highest BCUT2D eigenvalue weighted by atomic mass is 16.5. The smallest absolute Gasteiger partial charge is 0.320 e. The van der Waals surface area contributed by atoms with Crippen molar-refractivity contribution in [3.05, 3.63) is 6.33 Å². The summed E-state index contributed by atoms with van der Waals surface area (Å²) in [7, 11) is 0. The molecule has 0 radical (unpaired) electrons. The number of aromatic nitrogens is 4. The fraction of sp³-hybridized carbons (Fsp3) is 0.643. The first kappa shape index (κ1) is 15.0. The zero-order chi connectivity index (χ0) is 15.9. The van der Waals surface area contributed by atoms with Gasteiger partial charge >= 0.3 is 6.01 Å². The van der Waals surface area contributed by atoms with Crippen LogP contribution in [0.5, 0.6) is 6.01 Å². The molecule has 8 nitrogen and oxygen atoms in total. The van der Waals surface area contributed by atoms with Gasteiger partial charge in [0, 0.05) is 25.2 Å². The van der Waals surface area contributed by atoms with Crippen molar-refractivity contribution in [1.82, 2.24) is 19.5 Å². The second-order valence-corrected chi connectivity index (χ2v) is 5.97. The summed E-state index contributed by atoms with van der Waals surface area (Å²) in [5.41, 5.74) is 7.06. The average Bonchev–Trinajstić information content (AvgIpc) is 2.82. The molecule has 3 rings (SSSR count). The maximum absolute atomic E-state index is 9.53. The number of nitrogens with zero attached hydrogens (tertiary/aromatic N) is 4. The van der Waals surface area contributed by atoms with Gasteiger partial charge in [0.1, 0.15) is 0 Å². The van der Waals surface area contributed by atoms with Gasteiger partial charge in [0.25, 0.3) is 0 Å². The topological polar surface area (TPSA) is 119 Å². The number of anilines is 1. The van der Waals surface area contributed by atoms with E-state index in [-0.39, 0.29) is 49.0 Å². The van der Waals surface area contributed by atoms with E-state index in [1.54, 1.807) is 6.33 Å². The summed E-state index contributed by atoms with van der Waals surface area (Å²) in [5.74, 6) is 0.379. The van der Waals surface area contributed by atoms with Crippen molar-refractivity contribution >= 4 is 17.0 Å². The fourth-order valence-electron chi connectivity index (χ4n) is 3.00. The van der Waals surface area contributed by atoms with Crippen LogP contribution in [0.2, 0.25) is 0 Å². The van der Waals surface area contributed by atoms with Crippen LogP contribution in [0.3, 0.4) is 0 Å². The van der Waals surface area contributed by atoms with E-state index in [4.69, 9.17) is 10.5 Å². The van der Waals surface area contributed by atoms with Crippen molar-refractivity contribution in [3.63, 3.8) is 0 Å². The van der Waals surface area contributed by atoms with Gasteiger partial charge in [-0.05, 0) is 26.2 Å². The Kier molecular flexibility index (Phi) is 3.88. The summed E-state index contributed by atoms with van der Waals surface area (Å²) in [6, 6.07) is 0.272. The number of nitrogen functional groups attached to an aromatic ring is 1. The zero-order valence-corrected chi connectivity index (χ0v) is 12.7. The van der Waals surface area contributed by atoms with Crippen molar-refractivity contribution in [3.8, 4) is 6.01 Å². The summed E-state index contributed by atoms with van der Waals surface area (Å²) in [4.78, 5) is 12.8. The monoisotopic (exact) mass is 307 g/mol. The largest absolute Gasteiger partial charge is 0.461 e. The molecule has 3 atom stereocenters. The van der Waals surface area contributed by atoms with E-state index in [1.165, 1.54) is 0 Å². The molecule has 1 aliphatic carbocycles. The van der Waals surface area contributed by atoms with E-state index in [9.17, 15) is 10.2 Å². The number of aliphatic hydroxyl groups is 2. The number of hydrogen-bond acceptors (Lipinski definition) is 7. The van der Waals surface area contributed by atoms with Crippen LogP contribution in [-0.2, 0) is 0 Å². The van der Waals surface area contributed by atoms with Gasteiger partial charge in [-0.2, -0.15) is 9.97 Å². The minimum absolute atomic E-state index is 0.00643. The van der Waals surface area contributed by atoms with Gasteiger partial charge in [0.15, 0.2) is 17.0 Å². The third-order valence-electron chi connectivity index (χ3n) is 4.22. The normalized spacial score (nSPS) is 24.7. The summed E-state index contributed by atoms with van der Waals surface area (Å²) >= 11 is 0. The molecule has 120 valence electrons. The van der Waals surface area contributed by atoms with E-state index in [1.807, 2.05) is 18.4 Å². The second kappa shape index (κ2) is 5.69. The van der Waals surface area contributed by atoms with E-state index < -0.39 is 0 Å². The first-order valence-corrected chi connectivity index (χ1v) is 7.43. The number of rotatable bonds is 5. The molecule has 0 bridgehead atoms. The number of ether oxygens (including phenoxy) is 1. The third kappa shape index (κ3) is 2.38. The molecule has 0 unspecified atom stereocenters. The third-order valence-corrected chi connectivity index (χ3v) is 4.22. The average molecular weight is 307 g/mol. The first-order valence-electron chi connectivity index (χ1n) is 7.43. The molecule has 0 saturated heterocycles. The molecule has 0 spiro atoms. The Balaban J connectivity index is 1.99. The van der Waals surface area contributed by atoms with Crippen LogP contribution in [0.15, 0.2) is 6.33 Å². The van der Waals surface area contributed by atoms with Crippen LogP contribution >= 0.6 is 0 Å². The second-order valence-electron chi connectivity index (χ2n) is 5.97. The molecule has 2 aromatic heterocycles. The van der Waals surface area contributed by atoms with Crippen LogP contribution < -0.4 is 10.5 Å². The minimum atomic E-state index is -0.0547. The summed E-state index contributed by atoms with van der Waals surface area (Å²) in [6.07, 6.45) is 2.38. The maximum atomic E-state index is 9.53. The lowest BCUT2D eigenvalue weighted by Crippen LogP contribution is -2.42. The van der Waals surface area contributed by atoms with Gasteiger partial charge in [-0.15, -0.1) is 0 Å². The summed E-state index contributed by atoms with van der Waals surface area (Å²) in [5, 5.41) is 18.8. The van der Waals surface area contributed by atoms with Gasteiger partial charge in [0.05, 0.1) is 12.4 Å². The number of aliphatic hydroxyl groups excluding tert-OH is 2. The van der Waals surface area contributed by atoms with Crippen molar-refractivity contribution in [2.24, 2.45) is 11.8 Å². The van der Waals surface area contributed by atoms with Crippen LogP contribution in [0.1, 0.15) is 26.3 Å². The number of nitrogens with two attached hydrogens (primary N) is 1. The van der Waals surface area contributed by atoms with Gasteiger partial charge in [-0.25, -0.2) is 4.98 Å². The van der Waals surface area contributed by atoms with Gasteiger partial charge < -0.3 is 25.3 Å². The van der Waals surface area contributed by atoms with Gasteiger partial charge in [0.2, 0.25) is 0 Å². The van der Waals surface area contributed by atoms with Gasteiger partial charge in [-0.1, -0.05) is 0 Å². The van der Waals surface area contributed by atoms with Crippen LogP contribution in [0.25, 0.3) is 11.2 Å². The van der Waals surface area contributed by atoms with Crippen molar-refractivity contribution < 1.29 is 14.9 Å². The van der Waals surface area contributed by atoms with E-state index in [2.05, 4.69) is 15.0 Å². The molecule has 2 aromatic rings. The number of hydrogen-bond donors (Lipinski definition) is 3. The SMILES string of the molecule is CC(C)Oc1nc(N)c2ncn([C@H]3C[C@@H](CO)[C@@H]3CO)c2n1.